The maximum Gasteiger partial charge on any atom is 0.262 e. The van der Waals surface area contributed by atoms with Gasteiger partial charge < -0.3 is 25.8 Å². The van der Waals surface area contributed by atoms with E-state index in [1.165, 1.54) is 0 Å². The third-order valence-corrected chi connectivity index (χ3v) is 9.16. The Kier molecular flexibility index (Phi) is 11.0. The molecule has 0 bridgehead atoms. The number of imide groups is 1. The molecular formula is C38H46N6O4. The SMILES string of the molecule is CCN(CC)CCNC(=O)c1ccc(NCC(C)(C)CCNC(=O)C(Cc2c[nH]c3ccccc23)N2C(=O)c3ccccc3C2=O)cc1. The van der Waals surface area contributed by atoms with Crippen LogP contribution in [0.5, 0.6) is 0 Å². The van der Waals surface area contributed by atoms with Crippen LogP contribution in [0.2, 0.25) is 0 Å². The van der Waals surface area contributed by atoms with Crippen LogP contribution in [0.25, 0.3) is 10.9 Å². The van der Waals surface area contributed by atoms with Gasteiger partial charge in [-0.1, -0.05) is 58.0 Å². The molecule has 10 nitrogen and oxygen atoms in total. The number of H-pyrrole nitrogens is 1. The van der Waals surface area contributed by atoms with Crippen molar-refractivity contribution in [3.8, 4) is 0 Å². The highest BCUT2D eigenvalue weighted by Gasteiger charge is 2.43. The molecule has 0 saturated carbocycles. The lowest BCUT2D eigenvalue weighted by Crippen LogP contribution is -2.51. The van der Waals surface area contributed by atoms with Gasteiger partial charge >= 0.3 is 0 Å². The van der Waals surface area contributed by atoms with E-state index in [4.69, 9.17) is 0 Å². The molecule has 2 heterocycles. The van der Waals surface area contributed by atoms with E-state index in [1.54, 1.807) is 24.3 Å². The molecule has 5 rings (SSSR count). The number of hydrogen-bond donors (Lipinski definition) is 4. The minimum atomic E-state index is -1.01. The fourth-order valence-corrected chi connectivity index (χ4v) is 6.08. The highest BCUT2D eigenvalue weighted by molar-refractivity contribution is 6.22. The van der Waals surface area contributed by atoms with Gasteiger partial charge in [0.15, 0.2) is 0 Å². The zero-order valence-corrected chi connectivity index (χ0v) is 28.3. The minimum absolute atomic E-state index is 0.0889. The number of fused-ring (bicyclic) bond motifs is 2. The summed E-state index contributed by atoms with van der Waals surface area (Å²) >= 11 is 0. The number of carbonyl (C=O) groups is 4. The predicted molar refractivity (Wildman–Crippen MR) is 189 cm³/mol. The molecular weight excluding hydrogens is 604 g/mol. The Balaban J connectivity index is 1.17. The summed E-state index contributed by atoms with van der Waals surface area (Å²) < 4.78 is 0. The first-order chi connectivity index (χ1) is 23.1. The molecule has 3 aromatic carbocycles. The Morgan fingerprint density at radius 3 is 2.17 bits per heavy atom. The zero-order chi connectivity index (χ0) is 34.3. The Hall–Kier alpha value is -4.96. The van der Waals surface area contributed by atoms with Crippen LogP contribution in [0, 0.1) is 5.41 Å². The number of carbonyl (C=O) groups excluding carboxylic acids is 4. The summed E-state index contributed by atoms with van der Waals surface area (Å²) in [6, 6.07) is 20.9. The predicted octanol–water partition coefficient (Wildman–Crippen LogP) is 5.09. The van der Waals surface area contributed by atoms with Gasteiger partial charge in [-0.15, -0.1) is 0 Å². The van der Waals surface area contributed by atoms with Gasteiger partial charge in [0.1, 0.15) is 6.04 Å². The van der Waals surface area contributed by atoms with Crippen molar-refractivity contribution in [2.75, 3.05) is 44.6 Å². The quantitative estimate of drug-likeness (QED) is 0.125. The highest BCUT2D eigenvalue weighted by atomic mass is 16.2. The molecule has 0 radical (unpaired) electrons. The molecule has 10 heteroatoms. The number of aromatic nitrogens is 1. The van der Waals surface area contributed by atoms with Crippen molar-refractivity contribution >= 4 is 40.2 Å². The molecule has 1 aliphatic rings. The summed E-state index contributed by atoms with van der Waals surface area (Å²) in [7, 11) is 0. The van der Waals surface area contributed by atoms with E-state index in [9.17, 15) is 19.2 Å². The minimum Gasteiger partial charge on any atom is -0.385 e. The lowest BCUT2D eigenvalue weighted by molar-refractivity contribution is -0.125. The number of nitrogens with zero attached hydrogens (tertiary/aromatic N) is 2. The molecule has 1 unspecified atom stereocenters. The van der Waals surface area contributed by atoms with Gasteiger partial charge in [-0.25, -0.2) is 0 Å². The van der Waals surface area contributed by atoms with E-state index in [0.29, 0.717) is 42.7 Å². The van der Waals surface area contributed by atoms with Crippen LogP contribution in [0.3, 0.4) is 0 Å². The Morgan fingerprint density at radius 1 is 0.854 bits per heavy atom. The van der Waals surface area contributed by atoms with Gasteiger partial charge in [-0.2, -0.15) is 0 Å². The average molecular weight is 651 g/mol. The highest BCUT2D eigenvalue weighted by Crippen LogP contribution is 2.28. The van der Waals surface area contributed by atoms with Gasteiger partial charge in [-0.3, -0.25) is 24.1 Å². The van der Waals surface area contributed by atoms with Gasteiger partial charge in [0.2, 0.25) is 5.91 Å². The second-order valence-corrected chi connectivity index (χ2v) is 13.0. The van der Waals surface area contributed by atoms with Crippen LogP contribution < -0.4 is 16.0 Å². The van der Waals surface area contributed by atoms with Crippen molar-refractivity contribution < 1.29 is 19.2 Å². The van der Waals surface area contributed by atoms with E-state index in [2.05, 4.69) is 53.5 Å². The summed E-state index contributed by atoms with van der Waals surface area (Å²) in [5.41, 5.74) is 3.72. The molecule has 0 spiro atoms. The molecule has 0 fully saturated rings. The average Bonchev–Trinajstić information content (AvgIpc) is 3.62. The molecule has 252 valence electrons. The number of rotatable bonds is 16. The number of aromatic amines is 1. The molecule has 4 amide bonds. The first kappa shape index (κ1) is 34.4. The van der Waals surface area contributed by atoms with E-state index >= 15 is 0 Å². The lowest BCUT2D eigenvalue weighted by Gasteiger charge is -2.28. The molecule has 1 aromatic heterocycles. The first-order valence-electron chi connectivity index (χ1n) is 16.8. The number of nitrogens with one attached hydrogen (secondary N) is 4. The Labute approximate surface area is 282 Å². The molecule has 1 aliphatic heterocycles. The summed E-state index contributed by atoms with van der Waals surface area (Å²) in [4.78, 5) is 59.8. The number of hydrogen-bond acceptors (Lipinski definition) is 6. The normalized spacial score (nSPS) is 13.6. The van der Waals surface area contributed by atoms with Crippen molar-refractivity contribution in [1.82, 2.24) is 25.4 Å². The van der Waals surface area contributed by atoms with Crippen molar-refractivity contribution in [3.63, 3.8) is 0 Å². The molecule has 4 N–H and O–H groups in total. The second-order valence-electron chi connectivity index (χ2n) is 13.0. The fraction of sp³-hybridized carbons (Fsp3) is 0.368. The topological polar surface area (TPSA) is 127 Å². The van der Waals surface area contributed by atoms with E-state index < -0.39 is 17.9 Å². The summed E-state index contributed by atoms with van der Waals surface area (Å²) in [5, 5.41) is 10.4. The largest absolute Gasteiger partial charge is 0.385 e. The van der Waals surface area contributed by atoms with Crippen LogP contribution in [0.4, 0.5) is 5.69 Å². The van der Waals surface area contributed by atoms with E-state index in [-0.39, 0.29) is 23.7 Å². The second kappa shape index (κ2) is 15.3. The lowest BCUT2D eigenvalue weighted by atomic mass is 9.89. The molecule has 1 atom stereocenters. The van der Waals surface area contributed by atoms with Crippen molar-refractivity contribution in [2.24, 2.45) is 5.41 Å². The van der Waals surface area contributed by atoms with Crippen LogP contribution in [-0.4, -0.2) is 83.7 Å². The summed E-state index contributed by atoms with van der Waals surface area (Å²) in [5.74, 6) is -1.37. The molecule has 4 aromatic rings. The monoisotopic (exact) mass is 650 g/mol. The number of amides is 4. The maximum absolute atomic E-state index is 13.8. The van der Waals surface area contributed by atoms with E-state index in [1.807, 2.05) is 54.7 Å². The fourth-order valence-electron chi connectivity index (χ4n) is 6.08. The third kappa shape index (κ3) is 7.94. The standard InChI is InChI=1S/C38H46N6O4/c1-5-43(6-2)22-21-40-34(45)26-15-17-28(18-16-26)42-25-38(3,4)19-20-39-35(46)33(23-27-24-41-32-14-10-9-11-29(27)32)44-36(47)30-12-7-8-13-31(30)37(44)48/h7-18,24,33,41-42H,5-6,19-23,25H2,1-4H3,(H,39,46)(H,40,45). The smallest absolute Gasteiger partial charge is 0.262 e. The van der Waals surface area contributed by atoms with Crippen molar-refractivity contribution in [2.45, 2.75) is 46.6 Å². The van der Waals surface area contributed by atoms with Crippen LogP contribution >= 0.6 is 0 Å². The number of benzene rings is 3. The molecule has 0 saturated heterocycles. The Morgan fingerprint density at radius 2 is 1.50 bits per heavy atom. The summed E-state index contributed by atoms with van der Waals surface area (Å²) in [6.45, 7) is 12.8. The molecule has 48 heavy (non-hydrogen) atoms. The first-order valence-corrected chi connectivity index (χ1v) is 16.8. The van der Waals surface area contributed by atoms with Crippen LogP contribution in [-0.2, 0) is 11.2 Å². The number of anilines is 1. The van der Waals surface area contributed by atoms with E-state index in [0.717, 1.165) is 46.7 Å². The van der Waals surface area contributed by atoms with Gasteiger partial charge in [0.05, 0.1) is 11.1 Å². The third-order valence-electron chi connectivity index (χ3n) is 9.16. The van der Waals surface area contributed by atoms with Gasteiger partial charge in [0.25, 0.3) is 17.7 Å². The Bertz CT molecular complexity index is 1720. The van der Waals surface area contributed by atoms with Crippen molar-refractivity contribution in [3.05, 3.63) is 101 Å². The summed E-state index contributed by atoms with van der Waals surface area (Å²) in [6.07, 6.45) is 2.68. The van der Waals surface area contributed by atoms with Crippen LogP contribution in [0.15, 0.2) is 79.0 Å². The van der Waals surface area contributed by atoms with Crippen molar-refractivity contribution in [1.29, 1.82) is 0 Å². The number of likely N-dealkylation sites (N-methyl/N-ethyl adjacent to an activating group) is 1. The maximum atomic E-state index is 13.8. The van der Waals surface area contributed by atoms with Gasteiger partial charge in [-0.05, 0) is 73.0 Å². The van der Waals surface area contributed by atoms with Crippen LogP contribution in [0.1, 0.15) is 70.8 Å². The molecule has 0 aliphatic carbocycles. The van der Waals surface area contributed by atoms with Gasteiger partial charge in [0, 0.05) is 61.0 Å². The number of para-hydroxylation sites is 1. The zero-order valence-electron chi connectivity index (χ0n) is 28.3.